The van der Waals surface area contributed by atoms with Crippen LogP contribution in [0, 0.1) is 5.82 Å². The molecule has 0 radical (unpaired) electrons. The Morgan fingerprint density at radius 2 is 1.21 bits per heavy atom. The van der Waals surface area contributed by atoms with Crippen LogP contribution in [0.2, 0.25) is 0 Å². The first-order chi connectivity index (χ1) is 25.1. The maximum atomic E-state index is 13.8. The Morgan fingerprint density at radius 3 is 1.74 bits per heavy atom. The lowest BCUT2D eigenvalue weighted by Crippen LogP contribution is -2.57. The number of nitrogens with two attached hydrogens (primary N) is 5. The van der Waals surface area contributed by atoms with E-state index in [-0.39, 0.29) is 70.8 Å². The zero-order valence-electron chi connectivity index (χ0n) is 29.4. The summed E-state index contributed by atoms with van der Waals surface area (Å²) < 4.78 is 53.7. The van der Waals surface area contributed by atoms with E-state index in [2.05, 4.69) is 16.0 Å². The number of carbonyl (C=O) groups excluding carboxylic acids is 5. The summed E-state index contributed by atoms with van der Waals surface area (Å²) in [4.78, 5) is 69.3. The molecule has 2 aromatic rings. The van der Waals surface area contributed by atoms with Gasteiger partial charge in [0.1, 0.15) is 17.9 Å². The summed E-state index contributed by atoms with van der Waals surface area (Å²) in [6.45, 7) is 0.485. The summed E-state index contributed by atoms with van der Waals surface area (Å²) in [7, 11) is 0. The van der Waals surface area contributed by atoms with E-state index >= 15 is 0 Å². The van der Waals surface area contributed by atoms with Crippen LogP contribution in [0.3, 0.4) is 0 Å². The van der Waals surface area contributed by atoms with Gasteiger partial charge in [0.15, 0.2) is 0 Å². The summed E-state index contributed by atoms with van der Waals surface area (Å²) in [5, 5.41) is 7.43. The Hall–Kier alpha value is -4.69. The maximum Gasteiger partial charge on any atom is 0.419 e. The van der Waals surface area contributed by atoms with E-state index in [1.807, 2.05) is 0 Å². The smallest absolute Gasteiger partial charge is 0.350 e. The van der Waals surface area contributed by atoms with Crippen molar-refractivity contribution in [2.24, 2.45) is 28.7 Å². The Bertz CT molecular complexity index is 1490. The minimum atomic E-state index is -4.97. The molecule has 0 aromatic heterocycles. The molecule has 0 fully saturated rings. The summed E-state index contributed by atoms with van der Waals surface area (Å²) in [6.07, 6.45) is -5.79. The average Bonchev–Trinajstić information content (AvgIpc) is 3.12. The molecule has 5 amide bonds. The monoisotopic (exact) mass is 754 g/mol. The molecule has 53 heavy (non-hydrogen) atoms. The molecule has 13 N–H and O–H groups in total. The van der Waals surface area contributed by atoms with E-state index in [0.29, 0.717) is 12.1 Å². The van der Waals surface area contributed by atoms with Gasteiger partial charge in [-0.05, 0) is 36.1 Å². The van der Waals surface area contributed by atoms with Crippen molar-refractivity contribution in [3.05, 3.63) is 71.0 Å². The maximum absolute atomic E-state index is 13.8. The first-order valence-electron chi connectivity index (χ1n) is 17.0. The van der Waals surface area contributed by atoms with Gasteiger partial charge in [0.2, 0.25) is 29.5 Å². The van der Waals surface area contributed by atoms with E-state index in [1.54, 1.807) is 30.3 Å². The molecule has 0 aliphatic carbocycles. The van der Waals surface area contributed by atoms with Crippen molar-refractivity contribution in [3.8, 4) is 0 Å². The molecule has 0 unspecified atom stereocenters. The molecule has 0 bridgehead atoms. The van der Waals surface area contributed by atoms with Crippen LogP contribution >= 0.6 is 0 Å². The highest BCUT2D eigenvalue weighted by Crippen LogP contribution is 2.31. The van der Waals surface area contributed by atoms with Crippen LogP contribution in [-0.4, -0.2) is 110 Å². The van der Waals surface area contributed by atoms with Crippen molar-refractivity contribution < 1.29 is 41.5 Å². The van der Waals surface area contributed by atoms with E-state index < -0.39 is 84.6 Å². The van der Waals surface area contributed by atoms with E-state index in [9.17, 15) is 41.5 Å². The summed E-state index contributed by atoms with van der Waals surface area (Å²) >= 11 is 0. The molecule has 3 atom stereocenters. The molecule has 15 nitrogen and oxygen atoms in total. The third kappa shape index (κ3) is 15.1. The minimum Gasteiger partial charge on any atom is -0.350 e. The predicted octanol–water partition coefficient (Wildman–Crippen LogP) is -1.34. The van der Waals surface area contributed by atoms with Crippen LogP contribution in [0.4, 0.5) is 17.6 Å². The third-order valence-electron chi connectivity index (χ3n) is 8.04. The second kappa shape index (κ2) is 22.4. The standard InChI is InChI=1S/C34H50F4N10O5/c35-25-8-6-23(18-24(25)34(36,37)38)21-44-32(52)27(9-7-22-4-2-1-3-5-22)45-33(53)28(20-30(50)48(16-12-41)17-13-42)46-31(51)26(43)19-29(49)47(14-10-39)15-11-40/h1-6,8,18,26-28H,7,9-17,19-21,39-43H2,(H,44,52)(H,45,53)(H,46,51)/t26-,27-,28-/m0/s1. The molecule has 0 aliphatic rings. The first-order valence-corrected chi connectivity index (χ1v) is 17.0. The molecular formula is C34H50F4N10O5. The first kappa shape index (κ1) is 44.5. The largest absolute Gasteiger partial charge is 0.419 e. The SMILES string of the molecule is NCCN(CCN)C(=O)C[C@H](NC(=O)[C@@H](N)CC(=O)N(CCN)CCN)C(=O)N[C@@H](CCc1ccccc1)C(=O)NCc1ccc(F)c(C(F)(F)F)c1. The highest BCUT2D eigenvalue weighted by molar-refractivity contribution is 5.96. The number of nitrogens with zero attached hydrogens (tertiary/aromatic N) is 2. The van der Waals surface area contributed by atoms with Crippen molar-refractivity contribution in [1.82, 2.24) is 25.8 Å². The van der Waals surface area contributed by atoms with Gasteiger partial charge >= 0.3 is 6.18 Å². The second-order valence-electron chi connectivity index (χ2n) is 12.1. The Balaban J connectivity index is 2.35. The van der Waals surface area contributed by atoms with Gasteiger partial charge in [-0.25, -0.2) is 4.39 Å². The molecule has 19 heteroatoms. The molecule has 0 spiro atoms. The Labute approximate surface area is 305 Å². The number of alkyl halides is 3. The topological polar surface area (TPSA) is 258 Å². The number of nitrogens with one attached hydrogen (secondary N) is 3. The van der Waals surface area contributed by atoms with Gasteiger partial charge in [0.25, 0.3) is 0 Å². The van der Waals surface area contributed by atoms with Crippen molar-refractivity contribution in [1.29, 1.82) is 0 Å². The lowest BCUT2D eigenvalue weighted by Gasteiger charge is -2.27. The van der Waals surface area contributed by atoms with E-state index in [0.717, 1.165) is 11.6 Å². The van der Waals surface area contributed by atoms with Crippen LogP contribution in [0.15, 0.2) is 48.5 Å². The quantitative estimate of drug-likeness (QED) is 0.0657. The molecular weight excluding hydrogens is 704 g/mol. The summed E-state index contributed by atoms with van der Waals surface area (Å²) in [5.74, 6) is -5.32. The van der Waals surface area contributed by atoms with Gasteiger partial charge in [-0.3, -0.25) is 24.0 Å². The second-order valence-corrected chi connectivity index (χ2v) is 12.1. The number of hydrogen-bond acceptors (Lipinski definition) is 10. The number of benzene rings is 2. The van der Waals surface area contributed by atoms with Crippen molar-refractivity contribution >= 4 is 29.5 Å². The molecule has 0 saturated heterocycles. The number of hydrogen-bond donors (Lipinski definition) is 8. The zero-order chi connectivity index (χ0) is 39.6. The van der Waals surface area contributed by atoms with E-state index in [1.165, 1.54) is 9.80 Å². The highest BCUT2D eigenvalue weighted by Gasteiger charge is 2.35. The number of amides is 5. The third-order valence-corrected chi connectivity index (χ3v) is 8.04. The van der Waals surface area contributed by atoms with Gasteiger partial charge in [-0.1, -0.05) is 36.4 Å². The number of halogens is 4. The van der Waals surface area contributed by atoms with Crippen LogP contribution < -0.4 is 44.6 Å². The van der Waals surface area contributed by atoms with Gasteiger partial charge in [0.05, 0.1) is 24.4 Å². The lowest BCUT2D eigenvalue weighted by atomic mass is 10.0. The zero-order valence-corrected chi connectivity index (χ0v) is 29.4. The minimum absolute atomic E-state index is 0.00791. The number of rotatable bonds is 22. The lowest BCUT2D eigenvalue weighted by molar-refractivity contribution is -0.140. The van der Waals surface area contributed by atoms with Gasteiger partial charge in [-0.15, -0.1) is 0 Å². The fourth-order valence-electron chi connectivity index (χ4n) is 5.26. The summed E-state index contributed by atoms with van der Waals surface area (Å²) in [5.41, 5.74) is 27.7. The molecule has 2 rings (SSSR count). The molecule has 0 heterocycles. The molecule has 0 saturated carbocycles. The van der Waals surface area contributed by atoms with Crippen LogP contribution in [0.25, 0.3) is 0 Å². The van der Waals surface area contributed by atoms with Crippen molar-refractivity contribution in [2.45, 2.75) is 56.5 Å². The van der Waals surface area contributed by atoms with Gasteiger partial charge in [-0.2, -0.15) is 13.2 Å². The Morgan fingerprint density at radius 1 is 0.679 bits per heavy atom. The number of aryl methyl sites for hydroxylation is 1. The van der Waals surface area contributed by atoms with Crippen LogP contribution in [-0.2, 0) is 43.1 Å². The van der Waals surface area contributed by atoms with Crippen LogP contribution in [0.5, 0.6) is 0 Å². The highest BCUT2D eigenvalue weighted by atomic mass is 19.4. The number of carbonyl (C=O) groups is 5. The molecule has 294 valence electrons. The van der Waals surface area contributed by atoms with Crippen LogP contribution in [0.1, 0.15) is 36.0 Å². The molecule has 0 aliphatic heterocycles. The molecule has 2 aromatic carbocycles. The fourth-order valence-corrected chi connectivity index (χ4v) is 5.26. The normalized spacial score (nSPS) is 13.0. The summed E-state index contributed by atoms with van der Waals surface area (Å²) in [6, 6.07) is 6.78. The average molecular weight is 755 g/mol. The fraction of sp³-hybridized carbons (Fsp3) is 0.500. The van der Waals surface area contributed by atoms with Crippen molar-refractivity contribution in [2.75, 3.05) is 52.4 Å². The van der Waals surface area contributed by atoms with Gasteiger partial charge < -0.3 is 54.4 Å². The van der Waals surface area contributed by atoms with E-state index in [4.69, 9.17) is 28.7 Å². The van der Waals surface area contributed by atoms with Crippen molar-refractivity contribution in [3.63, 3.8) is 0 Å². The Kier molecular flexibility index (Phi) is 18.8. The van der Waals surface area contributed by atoms with Gasteiger partial charge in [0, 0.05) is 58.9 Å². The predicted molar refractivity (Wildman–Crippen MR) is 188 cm³/mol.